The number of hydrogen-bond acceptors (Lipinski definition) is 4. The van der Waals surface area contributed by atoms with Gasteiger partial charge in [0.25, 0.3) is 5.91 Å². The van der Waals surface area contributed by atoms with Crippen molar-refractivity contribution in [3.8, 4) is 0 Å². The van der Waals surface area contributed by atoms with E-state index in [1.54, 1.807) is 24.3 Å². The van der Waals surface area contributed by atoms with Gasteiger partial charge in [-0.25, -0.2) is 0 Å². The van der Waals surface area contributed by atoms with E-state index in [4.69, 9.17) is 4.74 Å². The molecular formula is C24H24N2O4. The number of nitrogens with one attached hydrogen (secondary N) is 2. The summed E-state index contributed by atoms with van der Waals surface area (Å²) >= 11 is 0. The first-order valence-corrected chi connectivity index (χ1v) is 10.4. The topological polar surface area (TPSA) is 84.5 Å². The minimum absolute atomic E-state index is 0.0197. The molecule has 1 aliphatic heterocycles. The summed E-state index contributed by atoms with van der Waals surface area (Å²) in [6.07, 6.45) is 1.71. The molecule has 0 spiro atoms. The smallest absolute Gasteiger partial charge is 0.310 e. The van der Waals surface area contributed by atoms with Crippen LogP contribution in [0.25, 0.3) is 0 Å². The second-order valence-corrected chi connectivity index (χ2v) is 8.71. The molecule has 2 bridgehead atoms. The van der Waals surface area contributed by atoms with E-state index in [1.165, 1.54) is 0 Å². The van der Waals surface area contributed by atoms with Crippen LogP contribution in [-0.2, 0) is 14.3 Å². The Kier molecular flexibility index (Phi) is 4.38. The summed E-state index contributed by atoms with van der Waals surface area (Å²) in [6, 6.07) is 12.7. The van der Waals surface area contributed by atoms with Gasteiger partial charge in [0.1, 0.15) is 6.10 Å². The number of anilines is 2. The number of rotatable bonds is 4. The van der Waals surface area contributed by atoms with Gasteiger partial charge in [-0.3, -0.25) is 14.4 Å². The van der Waals surface area contributed by atoms with Gasteiger partial charge in [0.15, 0.2) is 0 Å². The molecule has 1 saturated heterocycles. The highest BCUT2D eigenvalue weighted by Gasteiger charge is 2.63. The lowest BCUT2D eigenvalue weighted by Gasteiger charge is -2.23. The number of fused-ring (bicyclic) bond motifs is 1. The normalized spacial score (nSPS) is 28.3. The van der Waals surface area contributed by atoms with E-state index in [2.05, 4.69) is 10.6 Å². The summed E-state index contributed by atoms with van der Waals surface area (Å²) in [7, 11) is 0. The van der Waals surface area contributed by atoms with Crippen molar-refractivity contribution in [2.75, 3.05) is 10.6 Å². The van der Waals surface area contributed by atoms with Crippen LogP contribution in [0.5, 0.6) is 0 Å². The lowest BCUT2D eigenvalue weighted by molar-refractivity contribution is -0.145. The first-order chi connectivity index (χ1) is 14.4. The summed E-state index contributed by atoms with van der Waals surface area (Å²) in [5.41, 5.74) is 3.96. The summed E-state index contributed by atoms with van der Waals surface area (Å²) in [6.45, 7) is 3.92. The van der Waals surface area contributed by atoms with Gasteiger partial charge in [-0.1, -0.05) is 18.2 Å². The molecule has 3 fully saturated rings. The van der Waals surface area contributed by atoms with Crippen LogP contribution in [0.15, 0.2) is 42.5 Å². The van der Waals surface area contributed by atoms with Gasteiger partial charge >= 0.3 is 5.97 Å². The fourth-order valence-corrected chi connectivity index (χ4v) is 5.49. The zero-order valence-electron chi connectivity index (χ0n) is 17.0. The monoisotopic (exact) mass is 404 g/mol. The van der Waals surface area contributed by atoms with E-state index in [9.17, 15) is 14.4 Å². The molecule has 154 valence electrons. The molecule has 30 heavy (non-hydrogen) atoms. The van der Waals surface area contributed by atoms with E-state index in [1.807, 2.05) is 32.0 Å². The molecule has 3 aliphatic rings. The Morgan fingerprint density at radius 1 is 0.967 bits per heavy atom. The summed E-state index contributed by atoms with van der Waals surface area (Å²) in [4.78, 5) is 37.6. The van der Waals surface area contributed by atoms with Crippen LogP contribution < -0.4 is 10.6 Å². The maximum Gasteiger partial charge on any atom is 0.310 e. The van der Waals surface area contributed by atoms with Gasteiger partial charge in [-0.15, -0.1) is 0 Å². The van der Waals surface area contributed by atoms with Gasteiger partial charge in [-0.2, -0.15) is 0 Å². The summed E-state index contributed by atoms with van der Waals surface area (Å²) in [5, 5.41) is 5.89. The van der Waals surface area contributed by atoms with Crippen molar-refractivity contribution in [2.45, 2.75) is 32.8 Å². The van der Waals surface area contributed by atoms with Crippen LogP contribution in [-0.4, -0.2) is 23.9 Å². The molecule has 5 rings (SSSR count). The fraction of sp³-hybridized carbons (Fsp3) is 0.375. The van der Waals surface area contributed by atoms with Crippen molar-refractivity contribution in [1.29, 1.82) is 0 Å². The molecule has 6 heteroatoms. The number of hydrogen-bond donors (Lipinski definition) is 2. The largest absolute Gasteiger partial charge is 0.462 e. The third-order valence-corrected chi connectivity index (χ3v) is 6.92. The van der Waals surface area contributed by atoms with Gasteiger partial charge in [0, 0.05) is 22.9 Å². The third kappa shape index (κ3) is 2.98. The van der Waals surface area contributed by atoms with E-state index in [0.717, 1.165) is 29.7 Å². The van der Waals surface area contributed by atoms with E-state index >= 15 is 0 Å². The lowest BCUT2D eigenvalue weighted by Crippen LogP contribution is -2.35. The molecule has 1 heterocycles. The highest BCUT2D eigenvalue weighted by Crippen LogP contribution is 2.57. The van der Waals surface area contributed by atoms with Crippen molar-refractivity contribution in [2.24, 2.45) is 23.7 Å². The number of benzene rings is 2. The summed E-state index contributed by atoms with van der Waals surface area (Å²) < 4.78 is 5.41. The Labute approximate surface area is 175 Å². The van der Waals surface area contributed by atoms with Crippen LogP contribution in [0.2, 0.25) is 0 Å². The second kappa shape index (κ2) is 6.97. The molecule has 2 aliphatic carbocycles. The molecule has 0 aromatic heterocycles. The molecule has 0 unspecified atom stereocenters. The van der Waals surface area contributed by atoms with Gasteiger partial charge < -0.3 is 15.4 Å². The number of ether oxygens (including phenoxy) is 1. The van der Waals surface area contributed by atoms with Crippen LogP contribution in [0.3, 0.4) is 0 Å². The Morgan fingerprint density at radius 2 is 1.67 bits per heavy atom. The van der Waals surface area contributed by atoms with Crippen LogP contribution in [0.4, 0.5) is 11.4 Å². The second-order valence-electron chi connectivity index (χ2n) is 8.71. The van der Waals surface area contributed by atoms with Crippen molar-refractivity contribution >= 4 is 29.2 Å². The maximum atomic E-state index is 12.9. The number of amides is 2. The van der Waals surface area contributed by atoms with Crippen LogP contribution in [0.1, 0.15) is 34.3 Å². The van der Waals surface area contributed by atoms with E-state index in [0.29, 0.717) is 11.3 Å². The van der Waals surface area contributed by atoms with Gasteiger partial charge in [0.05, 0.1) is 11.8 Å². The molecule has 2 amide bonds. The number of esters is 1. The highest BCUT2D eigenvalue weighted by atomic mass is 16.6. The maximum absolute atomic E-state index is 12.9. The third-order valence-electron chi connectivity index (χ3n) is 6.92. The molecule has 5 atom stereocenters. The predicted octanol–water partition coefficient (Wildman–Crippen LogP) is 3.69. The molecule has 6 nitrogen and oxygen atoms in total. The van der Waals surface area contributed by atoms with Crippen molar-refractivity contribution in [3.63, 3.8) is 0 Å². The van der Waals surface area contributed by atoms with Gasteiger partial charge in [-0.05, 0) is 68.0 Å². The molecule has 0 radical (unpaired) electrons. The summed E-state index contributed by atoms with van der Waals surface area (Å²) in [5.74, 6) is -0.725. The molecular weight excluding hydrogens is 380 g/mol. The zero-order valence-corrected chi connectivity index (χ0v) is 17.0. The highest BCUT2D eigenvalue weighted by molar-refractivity contribution is 6.05. The minimum atomic E-state index is -0.312. The molecule has 2 aromatic carbocycles. The van der Waals surface area contributed by atoms with Gasteiger partial charge in [0.2, 0.25) is 5.91 Å². The Morgan fingerprint density at radius 3 is 2.37 bits per heavy atom. The first-order valence-electron chi connectivity index (χ1n) is 10.4. The standard InChI is InChI=1S/C24H24N2O4/c1-12-4-3-5-13(2)21(12)26-22(27)14-6-8-16(9-7-14)25-23(28)19-15-10-17-18(11-15)30-24(29)20(17)19/h3-9,15,17-20H,10-11H2,1-2H3,(H,25,28)(H,26,27)/t15-,17+,18+,19-,20+/m1/s1. The Balaban J connectivity index is 1.26. The SMILES string of the molecule is Cc1cccc(C)c1NC(=O)c1ccc(NC(=O)[C@@H]2[C@@H]3C[C@@H]4[C@@H]2C(=O)O[C@H]4C3)cc1. The number of carbonyl (C=O) groups excluding carboxylic acids is 3. The average molecular weight is 404 g/mol. The van der Waals surface area contributed by atoms with Crippen molar-refractivity contribution < 1.29 is 19.1 Å². The lowest BCUT2D eigenvalue weighted by atomic mass is 9.79. The average Bonchev–Trinajstić information content (AvgIpc) is 3.34. The Hall–Kier alpha value is -3.15. The quantitative estimate of drug-likeness (QED) is 0.761. The van der Waals surface area contributed by atoms with E-state index in [-0.39, 0.29) is 47.6 Å². The van der Waals surface area contributed by atoms with Crippen LogP contribution in [0, 0.1) is 37.5 Å². The molecule has 2 saturated carbocycles. The first kappa shape index (κ1) is 18.9. The van der Waals surface area contributed by atoms with Crippen molar-refractivity contribution in [1.82, 2.24) is 0 Å². The number of carbonyl (C=O) groups is 3. The predicted molar refractivity (Wildman–Crippen MR) is 112 cm³/mol. The van der Waals surface area contributed by atoms with Crippen molar-refractivity contribution in [3.05, 3.63) is 59.2 Å². The van der Waals surface area contributed by atoms with E-state index < -0.39 is 0 Å². The fourth-order valence-electron chi connectivity index (χ4n) is 5.49. The zero-order chi connectivity index (χ0) is 21.0. The number of aryl methyl sites for hydroxylation is 2. The van der Waals surface area contributed by atoms with Crippen LogP contribution >= 0.6 is 0 Å². The number of para-hydroxylation sites is 1. The minimum Gasteiger partial charge on any atom is -0.462 e. The molecule has 2 aromatic rings. The molecule has 2 N–H and O–H groups in total. The Bertz CT molecular complexity index is 1020.